The van der Waals surface area contributed by atoms with E-state index >= 15 is 0 Å². The molecule has 3 N–H and O–H groups in total. The van der Waals surface area contributed by atoms with Crippen molar-refractivity contribution in [1.82, 2.24) is 5.32 Å². The van der Waals surface area contributed by atoms with E-state index in [9.17, 15) is 0 Å². The fourth-order valence-electron chi connectivity index (χ4n) is 6.22. The second-order valence-corrected chi connectivity index (χ2v) is 10.0. The first-order valence-corrected chi connectivity index (χ1v) is 8.60. The summed E-state index contributed by atoms with van der Waals surface area (Å²) < 4.78 is 0. The van der Waals surface area contributed by atoms with Gasteiger partial charge in [-0.15, -0.1) is 0 Å². The van der Waals surface area contributed by atoms with Crippen LogP contribution in [0, 0.1) is 16.2 Å². The minimum atomic E-state index is -0.0816. The maximum Gasteiger partial charge on any atom is 0.193 e. The highest BCUT2D eigenvalue weighted by molar-refractivity contribution is 5.83. The molecular formula is C19H29N3. The van der Waals surface area contributed by atoms with Crippen LogP contribution in [0.5, 0.6) is 0 Å². The smallest absolute Gasteiger partial charge is 0.193 e. The van der Waals surface area contributed by atoms with Crippen LogP contribution in [0.25, 0.3) is 0 Å². The number of hydrogen-bond acceptors (Lipinski definition) is 3. The molecule has 0 radical (unpaired) electrons. The molecule has 1 heterocycles. The topological polar surface area (TPSA) is 50.4 Å². The van der Waals surface area contributed by atoms with Crippen LogP contribution in [-0.4, -0.2) is 11.5 Å². The number of allylic oxidation sites excluding steroid dienone is 2. The van der Waals surface area contributed by atoms with Gasteiger partial charge in [-0.1, -0.05) is 40.7 Å². The number of nitrogens with two attached hydrogens (primary N) is 1. The Kier molecular flexibility index (Phi) is 2.48. The van der Waals surface area contributed by atoms with Gasteiger partial charge in [0, 0.05) is 11.3 Å². The van der Waals surface area contributed by atoms with E-state index in [1.165, 1.54) is 24.1 Å². The quantitative estimate of drug-likeness (QED) is 0.713. The van der Waals surface area contributed by atoms with Crippen LogP contribution in [0.1, 0.15) is 66.7 Å². The molecule has 0 amide bonds. The Morgan fingerprint density at radius 1 is 1.00 bits per heavy atom. The number of aliphatic imine (C=N–C) groups is 1. The number of fused-ring (bicyclic) bond motifs is 1. The molecular weight excluding hydrogens is 270 g/mol. The lowest BCUT2D eigenvalue weighted by Gasteiger charge is -2.58. The Morgan fingerprint density at radius 2 is 1.73 bits per heavy atom. The Labute approximate surface area is 134 Å². The van der Waals surface area contributed by atoms with Crippen molar-refractivity contribution in [2.75, 3.05) is 0 Å². The van der Waals surface area contributed by atoms with Gasteiger partial charge in [-0.25, -0.2) is 4.99 Å². The van der Waals surface area contributed by atoms with Crippen molar-refractivity contribution < 1.29 is 0 Å². The Bertz CT molecular complexity index is 650. The van der Waals surface area contributed by atoms with Crippen molar-refractivity contribution in [3.05, 3.63) is 22.9 Å². The van der Waals surface area contributed by atoms with E-state index in [1.54, 1.807) is 5.57 Å². The Hall–Kier alpha value is -1.25. The van der Waals surface area contributed by atoms with Crippen molar-refractivity contribution in [3.8, 4) is 0 Å². The first-order valence-electron chi connectivity index (χ1n) is 8.60. The van der Waals surface area contributed by atoms with Gasteiger partial charge in [0.05, 0.1) is 5.54 Å². The highest BCUT2D eigenvalue weighted by Crippen LogP contribution is 2.63. The highest BCUT2D eigenvalue weighted by Gasteiger charge is 2.57. The van der Waals surface area contributed by atoms with E-state index in [1.807, 2.05) is 0 Å². The standard InChI is InChI=1S/C19H29N3/c1-16(2)6-12-7-18(5)9-17(3,4)10-19(11-18)14(12)13(8-16)21-15(20)22-19/h7H,6,8-11H2,1-5H3,(H3,20,21,22)/t18-,19-/m1/s1. The zero-order valence-electron chi connectivity index (χ0n) is 14.6. The third kappa shape index (κ3) is 1.97. The van der Waals surface area contributed by atoms with E-state index in [4.69, 9.17) is 10.7 Å². The van der Waals surface area contributed by atoms with Gasteiger partial charge in [-0.2, -0.15) is 0 Å². The van der Waals surface area contributed by atoms with Gasteiger partial charge in [-0.05, 0) is 53.9 Å². The van der Waals surface area contributed by atoms with Gasteiger partial charge in [0.1, 0.15) is 0 Å². The molecule has 4 rings (SSSR count). The predicted octanol–water partition coefficient (Wildman–Crippen LogP) is 3.87. The zero-order valence-corrected chi connectivity index (χ0v) is 14.6. The maximum absolute atomic E-state index is 6.21. The first-order chi connectivity index (χ1) is 10.0. The summed E-state index contributed by atoms with van der Waals surface area (Å²) in [4.78, 5) is 5.01. The van der Waals surface area contributed by atoms with Crippen LogP contribution in [0.4, 0.5) is 0 Å². The van der Waals surface area contributed by atoms with Gasteiger partial charge >= 0.3 is 0 Å². The molecule has 0 unspecified atom stereocenters. The van der Waals surface area contributed by atoms with E-state index in [0.29, 0.717) is 16.8 Å². The van der Waals surface area contributed by atoms with Crippen LogP contribution in [0.15, 0.2) is 27.9 Å². The van der Waals surface area contributed by atoms with Crippen molar-refractivity contribution >= 4 is 5.96 Å². The van der Waals surface area contributed by atoms with Crippen molar-refractivity contribution in [1.29, 1.82) is 0 Å². The average Bonchev–Trinajstić information content (AvgIpc) is 2.18. The summed E-state index contributed by atoms with van der Waals surface area (Å²) >= 11 is 0. The molecule has 0 aromatic carbocycles. The van der Waals surface area contributed by atoms with Gasteiger partial charge < -0.3 is 11.1 Å². The van der Waals surface area contributed by atoms with Crippen LogP contribution in [0.2, 0.25) is 0 Å². The molecule has 3 heteroatoms. The minimum absolute atomic E-state index is 0.0816. The van der Waals surface area contributed by atoms with Crippen molar-refractivity contribution in [2.45, 2.75) is 72.3 Å². The first kappa shape index (κ1) is 14.3. The van der Waals surface area contributed by atoms with E-state index in [2.05, 4.69) is 46.0 Å². The molecule has 1 fully saturated rings. The Morgan fingerprint density at radius 3 is 2.45 bits per heavy atom. The summed E-state index contributed by atoms with van der Waals surface area (Å²) in [5.41, 5.74) is 11.4. The summed E-state index contributed by atoms with van der Waals surface area (Å²) in [7, 11) is 0. The zero-order chi connectivity index (χ0) is 16.0. The van der Waals surface area contributed by atoms with Crippen LogP contribution in [-0.2, 0) is 0 Å². The largest absolute Gasteiger partial charge is 0.370 e. The lowest BCUT2D eigenvalue weighted by atomic mass is 9.50. The third-order valence-corrected chi connectivity index (χ3v) is 5.90. The van der Waals surface area contributed by atoms with E-state index in [0.717, 1.165) is 19.3 Å². The molecule has 1 saturated carbocycles. The second kappa shape index (κ2) is 3.80. The summed E-state index contributed by atoms with van der Waals surface area (Å²) in [5, 5.41) is 3.41. The Balaban J connectivity index is 1.97. The lowest BCUT2D eigenvalue weighted by Crippen LogP contribution is -2.56. The number of guanidine groups is 1. The van der Waals surface area contributed by atoms with Crippen LogP contribution < -0.4 is 11.1 Å². The number of hydrogen-bond donors (Lipinski definition) is 2. The number of rotatable bonds is 0. The van der Waals surface area contributed by atoms with Gasteiger partial charge in [0.25, 0.3) is 0 Å². The minimum Gasteiger partial charge on any atom is -0.370 e. The van der Waals surface area contributed by atoms with Crippen molar-refractivity contribution in [2.24, 2.45) is 27.0 Å². The van der Waals surface area contributed by atoms with Gasteiger partial charge in [-0.3, -0.25) is 0 Å². The number of nitrogens with zero attached hydrogens (tertiary/aromatic N) is 1. The molecule has 0 saturated heterocycles. The fourth-order valence-corrected chi connectivity index (χ4v) is 6.22. The molecule has 3 aliphatic carbocycles. The molecule has 2 atom stereocenters. The molecule has 0 aromatic heterocycles. The van der Waals surface area contributed by atoms with Crippen LogP contribution >= 0.6 is 0 Å². The molecule has 1 aliphatic heterocycles. The second-order valence-electron chi connectivity index (χ2n) is 10.0. The molecule has 120 valence electrons. The molecule has 22 heavy (non-hydrogen) atoms. The molecule has 1 spiro atoms. The summed E-state index contributed by atoms with van der Waals surface area (Å²) in [6.45, 7) is 11.9. The van der Waals surface area contributed by atoms with E-state index in [-0.39, 0.29) is 11.0 Å². The summed E-state index contributed by atoms with van der Waals surface area (Å²) in [5.74, 6) is 0.623. The van der Waals surface area contributed by atoms with Crippen LogP contribution in [0.3, 0.4) is 0 Å². The summed E-state index contributed by atoms with van der Waals surface area (Å²) in [6.07, 6.45) is 8.32. The highest BCUT2D eigenvalue weighted by atomic mass is 15.2. The predicted molar refractivity (Wildman–Crippen MR) is 91.4 cm³/mol. The van der Waals surface area contributed by atoms with Gasteiger partial charge in [0.15, 0.2) is 5.96 Å². The third-order valence-electron chi connectivity index (χ3n) is 5.90. The molecule has 0 aromatic rings. The van der Waals surface area contributed by atoms with Gasteiger partial charge in [0.2, 0.25) is 0 Å². The fraction of sp³-hybridized carbons (Fsp3) is 0.737. The summed E-state index contributed by atoms with van der Waals surface area (Å²) in [6, 6.07) is 0. The van der Waals surface area contributed by atoms with E-state index < -0.39 is 0 Å². The SMILES string of the molecule is CC1(C)CC2=C[C@]3(C)CC(C)(C)C[C@]4(C3)N=C(N)NC(=C24)C1. The molecule has 4 aliphatic rings. The number of nitrogens with one attached hydrogen (secondary N) is 1. The molecule has 3 nitrogen and oxygen atoms in total. The molecule has 2 bridgehead atoms. The monoisotopic (exact) mass is 299 g/mol. The maximum atomic E-state index is 6.21. The lowest BCUT2D eigenvalue weighted by molar-refractivity contribution is 0.0727. The normalized spacial score (nSPS) is 41.1. The average molecular weight is 299 g/mol. The van der Waals surface area contributed by atoms with Crippen molar-refractivity contribution in [3.63, 3.8) is 0 Å².